The second-order valence-electron chi connectivity index (χ2n) is 4.21. The third kappa shape index (κ3) is 2.77. The molecular weight excluding hydrogens is 208 g/mol. The summed E-state index contributed by atoms with van der Waals surface area (Å²) in [4.78, 5) is 4.42. The van der Waals surface area contributed by atoms with Gasteiger partial charge in [-0.25, -0.2) is 4.98 Å². The van der Waals surface area contributed by atoms with Crippen LogP contribution < -0.4 is 5.32 Å². The topological polar surface area (TPSA) is 45.1 Å². The van der Waals surface area contributed by atoms with E-state index < -0.39 is 0 Å². The summed E-state index contributed by atoms with van der Waals surface area (Å²) in [5, 5.41) is 15.9. The highest BCUT2D eigenvalue weighted by Gasteiger charge is 2.21. The summed E-state index contributed by atoms with van der Waals surface area (Å²) in [5.74, 6) is 0. The van der Waals surface area contributed by atoms with Crippen LogP contribution in [0.4, 0.5) is 0 Å². The van der Waals surface area contributed by atoms with Crippen LogP contribution in [0.2, 0.25) is 0 Å². The van der Waals surface area contributed by atoms with Crippen molar-refractivity contribution in [1.29, 1.82) is 0 Å². The molecule has 15 heavy (non-hydrogen) atoms. The van der Waals surface area contributed by atoms with Gasteiger partial charge in [0.05, 0.1) is 12.6 Å². The fraction of sp³-hybridized carbons (Fsp3) is 0.727. The lowest BCUT2D eigenvalue weighted by Crippen LogP contribution is -2.32. The van der Waals surface area contributed by atoms with Crippen molar-refractivity contribution in [2.45, 2.75) is 44.7 Å². The first-order valence-corrected chi connectivity index (χ1v) is 6.46. The number of nitrogens with one attached hydrogen (secondary N) is 1. The maximum atomic E-state index is 9.35. The van der Waals surface area contributed by atoms with E-state index in [2.05, 4.69) is 10.3 Å². The second kappa shape index (κ2) is 5.05. The first-order chi connectivity index (χ1) is 7.29. The summed E-state index contributed by atoms with van der Waals surface area (Å²) in [6, 6.07) is 0.609. The zero-order chi connectivity index (χ0) is 10.7. The Bertz CT molecular complexity index is 307. The molecule has 1 atom stereocenters. The van der Waals surface area contributed by atoms with Gasteiger partial charge in [0.1, 0.15) is 5.01 Å². The number of hydrogen-bond acceptors (Lipinski definition) is 4. The maximum Gasteiger partial charge on any atom is 0.112 e. The number of aliphatic hydroxyl groups excluding tert-OH is 1. The molecule has 1 aliphatic rings. The molecule has 3 nitrogen and oxygen atoms in total. The van der Waals surface area contributed by atoms with Crippen molar-refractivity contribution in [3.05, 3.63) is 16.1 Å². The van der Waals surface area contributed by atoms with E-state index in [0.717, 1.165) is 10.7 Å². The van der Waals surface area contributed by atoms with Crippen LogP contribution in [0.15, 0.2) is 5.38 Å². The van der Waals surface area contributed by atoms with Gasteiger partial charge in [-0.3, -0.25) is 0 Å². The van der Waals surface area contributed by atoms with Crippen molar-refractivity contribution in [2.75, 3.05) is 6.61 Å². The van der Waals surface area contributed by atoms with Gasteiger partial charge < -0.3 is 10.4 Å². The summed E-state index contributed by atoms with van der Waals surface area (Å²) in [6.07, 6.45) is 5.10. The largest absolute Gasteiger partial charge is 0.394 e. The fourth-order valence-electron chi connectivity index (χ4n) is 2.11. The Labute approximate surface area is 94.5 Å². The number of rotatable bonds is 4. The minimum Gasteiger partial charge on any atom is -0.394 e. The lowest BCUT2D eigenvalue weighted by Gasteiger charge is -2.18. The quantitative estimate of drug-likeness (QED) is 0.825. The molecular formula is C11H18N2OS. The van der Waals surface area contributed by atoms with Gasteiger partial charge in [0, 0.05) is 17.1 Å². The van der Waals surface area contributed by atoms with Crippen molar-refractivity contribution in [3.63, 3.8) is 0 Å². The van der Waals surface area contributed by atoms with Gasteiger partial charge >= 0.3 is 0 Å². The van der Waals surface area contributed by atoms with Crippen LogP contribution >= 0.6 is 11.3 Å². The van der Waals surface area contributed by atoms with Crippen LogP contribution in [0.3, 0.4) is 0 Å². The Hall–Kier alpha value is -0.450. The maximum absolute atomic E-state index is 9.35. The van der Waals surface area contributed by atoms with Crippen molar-refractivity contribution in [3.8, 4) is 0 Å². The van der Waals surface area contributed by atoms with E-state index in [1.54, 1.807) is 11.3 Å². The Morgan fingerprint density at radius 1 is 1.60 bits per heavy atom. The van der Waals surface area contributed by atoms with Gasteiger partial charge in [-0.1, -0.05) is 12.8 Å². The first kappa shape index (κ1) is 11.0. The standard InChI is InChI=1S/C11H18N2OS/c1-8-7-15-11(12-8)10(6-14)13-9-4-2-3-5-9/h7,9-10,13-14H,2-6H2,1H3. The molecule has 1 unspecified atom stereocenters. The molecule has 0 radical (unpaired) electrons. The predicted octanol–water partition coefficient (Wildman–Crippen LogP) is 2.02. The van der Waals surface area contributed by atoms with Crippen LogP contribution in [0.5, 0.6) is 0 Å². The molecule has 4 heteroatoms. The van der Waals surface area contributed by atoms with E-state index in [0.29, 0.717) is 6.04 Å². The average molecular weight is 226 g/mol. The molecule has 1 saturated carbocycles. The normalized spacial score (nSPS) is 19.6. The molecule has 2 rings (SSSR count). The van der Waals surface area contributed by atoms with E-state index >= 15 is 0 Å². The molecule has 1 aromatic rings. The molecule has 0 aromatic carbocycles. The number of aromatic nitrogens is 1. The lowest BCUT2D eigenvalue weighted by atomic mass is 10.2. The summed E-state index contributed by atoms with van der Waals surface area (Å²) in [6.45, 7) is 2.13. The molecule has 1 aromatic heterocycles. The Morgan fingerprint density at radius 3 is 2.87 bits per heavy atom. The van der Waals surface area contributed by atoms with Gasteiger partial charge in [-0.15, -0.1) is 11.3 Å². The zero-order valence-corrected chi connectivity index (χ0v) is 9.89. The first-order valence-electron chi connectivity index (χ1n) is 5.58. The molecule has 2 N–H and O–H groups in total. The smallest absolute Gasteiger partial charge is 0.112 e. The van der Waals surface area contributed by atoms with E-state index in [1.165, 1.54) is 25.7 Å². The number of hydrogen-bond donors (Lipinski definition) is 2. The highest BCUT2D eigenvalue weighted by Crippen LogP contribution is 2.23. The minimum absolute atomic E-state index is 0.0341. The van der Waals surface area contributed by atoms with E-state index in [-0.39, 0.29) is 12.6 Å². The van der Waals surface area contributed by atoms with Gasteiger partial charge in [0.15, 0.2) is 0 Å². The third-order valence-corrected chi connectivity index (χ3v) is 3.99. The van der Waals surface area contributed by atoms with Crippen molar-refractivity contribution < 1.29 is 5.11 Å². The van der Waals surface area contributed by atoms with Crippen molar-refractivity contribution >= 4 is 11.3 Å². The predicted molar refractivity (Wildman–Crippen MR) is 62.1 cm³/mol. The molecule has 0 bridgehead atoms. The molecule has 0 saturated heterocycles. The highest BCUT2D eigenvalue weighted by atomic mass is 32.1. The van der Waals surface area contributed by atoms with Gasteiger partial charge in [-0.2, -0.15) is 0 Å². The Morgan fingerprint density at radius 2 is 2.33 bits per heavy atom. The summed E-state index contributed by atoms with van der Waals surface area (Å²) in [5.41, 5.74) is 1.04. The summed E-state index contributed by atoms with van der Waals surface area (Å²) >= 11 is 1.63. The van der Waals surface area contributed by atoms with Crippen LogP contribution in [0.1, 0.15) is 42.4 Å². The Balaban J connectivity index is 1.97. The molecule has 1 heterocycles. The molecule has 84 valence electrons. The number of nitrogens with zero attached hydrogens (tertiary/aromatic N) is 1. The second-order valence-corrected chi connectivity index (χ2v) is 5.10. The summed E-state index contributed by atoms with van der Waals surface area (Å²) in [7, 11) is 0. The monoisotopic (exact) mass is 226 g/mol. The molecule has 0 aliphatic heterocycles. The summed E-state index contributed by atoms with van der Waals surface area (Å²) < 4.78 is 0. The van der Waals surface area contributed by atoms with Gasteiger partial charge in [0.25, 0.3) is 0 Å². The molecule has 0 amide bonds. The van der Waals surface area contributed by atoms with Gasteiger partial charge in [-0.05, 0) is 19.8 Å². The SMILES string of the molecule is Cc1csc(C(CO)NC2CCCC2)n1. The van der Waals surface area contributed by atoms with Gasteiger partial charge in [0.2, 0.25) is 0 Å². The average Bonchev–Trinajstić information content (AvgIpc) is 2.85. The third-order valence-electron chi connectivity index (χ3n) is 2.91. The molecule has 1 aliphatic carbocycles. The van der Waals surface area contributed by atoms with Crippen LogP contribution in [-0.2, 0) is 0 Å². The fourth-order valence-corrected chi connectivity index (χ4v) is 2.96. The van der Waals surface area contributed by atoms with E-state index in [4.69, 9.17) is 0 Å². The highest BCUT2D eigenvalue weighted by molar-refractivity contribution is 7.09. The lowest BCUT2D eigenvalue weighted by molar-refractivity contribution is 0.232. The van der Waals surface area contributed by atoms with Crippen molar-refractivity contribution in [2.24, 2.45) is 0 Å². The number of aryl methyl sites for hydroxylation is 1. The molecule has 0 spiro atoms. The van der Waals surface area contributed by atoms with E-state index in [1.807, 2.05) is 12.3 Å². The minimum atomic E-state index is 0.0341. The van der Waals surface area contributed by atoms with E-state index in [9.17, 15) is 5.11 Å². The number of aliphatic hydroxyl groups is 1. The number of thiazole rings is 1. The Kier molecular flexibility index (Phi) is 3.72. The van der Waals surface area contributed by atoms with Crippen LogP contribution in [0.25, 0.3) is 0 Å². The van der Waals surface area contributed by atoms with Crippen molar-refractivity contribution in [1.82, 2.24) is 10.3 Å². The van der Waals surface area contributed by atoms with Crippen LogP contribution in [-0.4, -0.2) is 22.7 Å². The molecule has 1 fully saturated rings. The van der Waals surface area contributed by atoms with Crippen LogP contribution in [0, 0.1) is 6.92 Å². The zero-order valence-electron chi connectivity index (χ0n) is 9.07.